The molecular weight excluding hydrogens is 182 g/mol. The highest BCUT2D eigenvalue weighted by molar-refractivity contribution is 6.30. The highest BCUT2D eigenvalue weighted by Crippen LogP contribution is 2.39. The van der Waals surface area contributed by atoms with Gasteiger partial charge in [0, 0.05) is 11.1 Å². The van der Waals surface area contributed by atoms with Gasteiger partial charge in [0.25, 0.3) is 0 Å². The third-order valence-electron chi connectivity index (χ3n) is 2.58. The summed E-state index contributed by atoms with van der Waals surface area (Å²) in [7, 11) is 0. The van der Waals surface area contributed by atoms with Gasteiger partial charge >= 0.3 is 0 Å². The summed E-state index contributed by atoms with van der Waals surface area (Å²) in [4.78, 5) is 0. The Bertz CT molecular complexity index is 298. The Morgan fingerprint density at radius 3 is 2.62 bits per heavy atom. The molecule has 0 bridgehead atoms. The van der Waals surface area contributed by atoms with Crippen molar-refractivity contribution >= 4 is 11.6 Å². The van der Waals surface area contributed by atoms with Crippen molar-refractivity contribution in [1.82, 2.24) is 0 Å². The largest absolute Gasteiger partial charge is 0.324 e. The zero-order valence-electron chi connectivity index (χ0n) is 7.76. The molecule has 13 heavy (non-hydrogen) atoms. The van der Waals surface area contributed by atoms with Gasteiger partial charge in [-0.3, -0.25) is 0 Å². The van der Waals surface area contributed by atoms with E-state index >= 15 is 0 Å². The topological polar surface area (TPSA) is 26.0 Å². The van der Waals surface area contributed by atoms with Crippen LogP contribution in [0.4, 0.5) is 0 Å². The van der Waals surface area contributed by atoms with Gasteiger partial charge in [-0.25, -0.2) is 0 Å². The molecule has 1 aromatic rings. The number of halogens is 1. The molecule has 2 heteroatoms. The van der Waals surface area contributed by atoms with Gasteiger partial charge in [0.2, 0.25) is 0 Å². The van der Waals surface area contributed by atoms with Crippen LogP contribution in [0.1, 0.15) is 30.0 Å². The monoisotopic (exact) mass is 195 g/mol. The summed E-state index contributed by atoms with van der Waals surface area (Å²) in [5.74, 6) is 0.692. The molecule has 0 heterocycles. The quantitative estimate of drug-likeness (QED) is 0.772. The minimum absolute atomic E-state index is 0.192. The molecule has 1 aromatic carbocycles. The first kappa shape index (κ1) is 9.04. The summed E-state index contributed by atoms with van der Waals surface area (Å²) in [6, 6.07) is 6.27. The zero-order chi connectivity index (χ0) is 9.42. The molecule has 1 atom stereocenters. The Labute approximate surface area is 83.9 Å². The molecule has 1 saturated carbocycles. The molecule has 1 nitrogen and oxygen atoms in total. The van der Waals surface area contributed by atoms with E-state index in [1.807, 2.05) is 12.1 Å². The van der Waals surface area contributed by atoms with Crippen LogP contribution in [0.5, 0.6) is 0 Å². The predicted octanol–water partition coefficient (Wildman–Crippen LogP) is 3.06. The van der Waals surface area contributed by atoms with Gasteiger partial charge < -0.3 is 5.73 Å². The van der Waals surface area contributed by atoms with Crippen molar-refractivity contribution in [3.63, 3.8) is 0 Å². The molecule has 1 aliphatic carbocycles. The van der Waals surface area contributed by atoms with Crippen molar-refractivity contribution in [2.24, 2.45) is 11.7 Å². The second-order valence-electron chi connectivity index (χ2n) is 3.93. The number of aryl methyl sites for hydroxylation is 1. The van der Waals surface area contributed by atoms with Gasteiger partial charge in [-0.05, 0) is 48.9 Å². The lowest BCUT2D eigenvalue weighted by Gasteiger charge is -2.11. The van der Waals surface area contributed by atoms with E-state index in [1.54, 1.807) is 0 Å². The summed E-state index contributed by atoms with van der Waals surface area (Å²) in [6.45, 7) is 2.05. The van der Waals surface area contributed by atoms with Gasteiger partial charge in [0.1, 0.15) is 0 Å². The van der Waals surface area contributed by atoms with Crippen molar-refractivity contribution in [3.05, 3.63) is 34.3 Å². The first-order valence-corrected chi connectivity index (χ1v) is 5.07. The average Bonchev–Trinajstić information content (AvgIpc) is 2.83. The molecule has 1 aliphatic rings. The molecule has 0 aromatic heterocycles. The molecule has 0 unspecified atom stereocenters. The molecule has 0 saturated heterocycles. The summed E-state index contributed by atoms with van der Waals surface area (Å²) in [6.07, 6.45) is 2.54. The fourth-order valence-electron chi connectivity index (χ4n) is 1.68. The summed E-state index contributed by atoms with van der Waals surface area (Å²) in [5, 5.41) is 0.797. The van der Waals surface area contributed by atoms with E-state index < -0.39 is 0 Å². The third kappa shape index (κ3) is 2.04. The summed E-state index contributed by atoms with van der Waals surface area (Å²) < 4.78 is 0. The number of rotatable bonds is 2. The van der Waals surface area contributed by atoms with Crippen molar-refractivity contribution < 1.29 is 0 Å². The maximum Gasteiger partial charge on any atom is 0.0411 e. The molecule has 2 N–H and O–H groups in total. The Morgan fingerprint density at radius 2 is 2.08 bits per heavy atom. The Morgan fingerprint density at radius 1 is 1.38 bits per heavy atom. The van der Waals surface area contributed by atoms with Crippen LogP contribution in [0.3, 0.4) is 0 Å². The molecule has 0 spiro atoms. The Kier molecular flexibility index (Phi) is 2.31. The molecule has 2 rings (SSSR count). The van der Waals surface area contributed by atoms with E-state index in [-0.39, 0.29) is 6.04 Å². The van der Waals surface area contributed by atoms with E-state index in [9.17, 15) is 0 Å². The van der Waals surface area contributed by atoms with Gasteiger partial charge in [0.05, 0.1) is 0 Å². The molecule has 0 amide bonds. The zero-order valence-corrected chi connectivity index (χ0v) is 8.51. The van der Waals surface area contributed by atoms with Gasteiger partial charge in [-0.2, -0.15) is 0 Å². The van der Waals surface area contributed by atoms with Crippen LogP contribution in [0.25, 0.3) is 0 Å². The van der Waals surface area contributed by atoms with Crippen LogP contribution in [0.15, 0.2) is 18.2 Å². The van der Waals surface area contributed by atoms with E-state index in [0.717, 1.165) is 5.02 Å². The van der Waals surface area contributed by atoms with Crippen molar-refractivity contribution in [2.75, 3.05) is 0 Å². The average molecular weight is 196 g/mol. The lowest BCUT2D eigenvalue weighted by molar-refractivity contribution is 0.633. The molecule has 0 radical (unpaired) electrons. The maximum absolute atomic E-state index is 6.08. The first-order valence-electron chi connectivity index (χ1n) is 4.69. The van der Waals surface area contributed by atoms with Crippen molar-refractivity contribution in [2.45, 2.75) is 25.8 Å². The fourth-order valence-corrected chi connectivity index (χ4v) is 1.98. The van der Waals surface area contributed by atoms with Crippen LogP contribution < -0.4 is 5.73 Å². The summed E-state index contributed by atoms with van der Waals surface area (Å²) >= 11 is 5.96. The van der Waals surface area contributed by atoms with Crippen LogP contribution in [0, 0.1) is 12.8 Å². The highest BCUT2D eigenvalue weighted by Gasteiger charge is 2.29. The Balaban J connectivity index is 2.27. The SMILES string of the molecule is Cc1cc(Cl)cc([C@@H](N)C2CC2)c1. The standard InChI is InChI=1S/C11H14ClN/c1-7-4-9(6-10(12)5-7)11(13)8-2-3-8/h4-6,8,11H,2-3,13H2,1H3/t11-/m0/s1. The van der Waals surface area contributed by atoms with Gasteiger partial charge in [-0.15, -0.1) is 0 Å². The predicted molar refractivity (Wildman–Crippen MR) is 55.8 cm³/mol. The second-order valence-corrected chi connectivity index (χ2v) is 4.36. The molecule has 1 fully saturated rings. The molecular formula is C11H14ClN. The lowest BCUT2D eigenvalue weighted by Crippen LogP contribution is -2.12. The number of hydrogen-bond donors (Lipinski definition) is 1. The van der Waals surface area contributed by atoms with E-state index in [0.29, 0.717) is 5.92 Å². The summed E-state index contributed by atoms with van der Waals surface area (Å²) in [5.41, 5.74) is 8.46. The maximum atomic E-state index is 6.08. The molecule has 70 valence electrons. The van der Waals surface area contributed by atoms with Gasteiger partial charge in [0.15, 0.2) is 0 Å². The van der Waals surface area contributed by atoms with Crippen LogP contribution in [-0.2, 0) is 0 Å². The fraction of sp³-hybridized carbons (Fsp3) is 0.455. The van der Waals surface area contributed by atoms with Crippen LogP contribution in [0.2, 0.25) is 5.02 Å². The number of nitrogens with two attached hydrogens (primary N) is 1. The Hall–Kier alpha value is -0.530. The third-order valence-corrected chi connectivity index (χ3v) is 2.80. The smallest absolute Gasteiger partial charge is 0.0411 e. The van der Waals surface area contributed by atoms with E-state index in [4.69, 9.17) is 17.3 Å². The number of hydrogen-bond acceptors (Lipinski definition) is 1. The first-order chi connectivity index (χ1) is 6.16. The second kappa shape index (κ2) is 3.32. The highest BCUT2D eigenvalue weighted by atomic mass is 35.5. The van der Waals surface area contributed by atoms with Crippen molar-refractivity contribution in [1.29, 1.82) is 0 Å². The van der Waals surface area contributed by atoms with E-state index in [1.165, 1.54) is 24.0 Å². The van der Waals surface area contributed by atoms with Crippen LogP contribution in [-0.4, -0.2) is 0 Å². The van der Waals surface area contributed by atoms with Crippen LogP contribution >= 0.6 is 11.6 Å². The lowest BCUT2D eigenvalue weighted by atomic mass is 10.0. The minimum atomic E-state index is 0.192. The van der Waals surface area contributed by atoms with Gasteiger partial charge in [-0.1, -0.05) is 17.7 Å². The number of benzene rings is 1. The normalized spacial score (nSPS) is 18.7. The van der Waals surface area contributed by atoms with E-state index in [2.05, 4.69) is 13.0 Å². The molecule has 0 aliphatic heterocycles. The van der Waals surface area contributed by atoms with Crippen molar-refractivity contribution in [3.8, 4) is 0 Å². The minimum Gasteiger partial charge on any atom is -0.324 e.